The van der Waals surface area contributed by atoms with E-state index in [1.54, 1.807) is 18.7 Å². The summed E-state index contributed by atoms with van der Waals surface area (Å²) in [4.78, 5) is 37.5. The van der Waals surface area contributed by atoms with E-state index in [0.717, 1.165) is 17.0 Å². The SMILES string of the molecule is CCn1c(-c2cnc(C)nc2)nc2c(N[C@H](CC(=O)N3CC(C)OC(C)C3)C(C)C)ncnc21. The third-order valence-electron chi connectivity index (χ3n) is 6.18. The molecule has 1 saturated heterocycles. The van der Waals surface area contributed by atoms with Crippen LogP contribution in [0.5, 0.6) is 0 Å². The van der Waals surface area contributed by atoms with Gasteiger partial charge in [-0.25, -0.2) is 24.9 Å². The number of fused-ring (bicyclic) bond motifs is 1. The largest absolute Gasteiger partial charge is 0.372 e. The van der Waals surface area contributed by atoms with Crippen molar-refractivity contribution in [3.63, 3.8) is 0 Å². The fourth-order valence-electron chi connectivity index (χ4n) is 4.40. The molecule has 1 amide bonds. The summed E-state index contributed by atoms with van der Waals surface area (Å²) >= 11 is 0. The van der Waals surface area contributed by atoms with E-state index >= 15 is 0 Å². The molecular formula is C24H34N8O2. The minimum absolute atomic E-state index is 0.0434. The van der Waals surface area contributed by atoms with Gasteiger partial charge in [-0.05, 0) is 33.6 Å². The maximum atomic E-state index is 13.1. The summed E-state index contributed by atoms with van der Waals surface area (Å²) in [6.07, 6.45) is 5.55. The van der Waals surface area contributed by atoms with E-state index in [2.05, 4.69) is 46.0 Å². The molecule has 10 nitrogen and oxygen atoms in total. The van der Waals surface area contributed by atoms with Crippen LogP contribution in [-0.2, 0) is 16.1 Å². The number of hydrogen-bond donors (Lipinski definition) is 1. The number of morpholine rings is 1. The Balaban J connectivity index is 1.61. The zero-order valence-corrected chi connectivity index (χ0v) is 20.8. The third-order valence-corrected chi connectivity index (χ3v) is 6.18. The highest BCUT2D eigenvalue weighted by molar-refractivity contribution is 5.87. The van der Waals surface area contributed by atoms with Gasteiger partial charge in [-0.15, -0.1) is 0 Å². The molecule has 1 N–H and O–H groups in total. The van der Waals surface area contributed by atoms with Gasteiger partial charge in [-0.3, -0.25) is 4.79 Å². The van der Waals surface area contributed by atoms with Gasteiger partial charge >= 0.3 is 0 Å². The number of anilines is 1. The number of imidazole rings is 1. The molecule has 3 aromatic rings. The normalized spacial score (nSPS) is 19.6. The third kappa shape index (κ3) is 5.01. The molecule has 34 heavy (non-hydrogen) atoms. The highest BCUT2D eigenvalue weighted by Crippen LogP contribution is 2.27. The van der Waals surface area contributed by atoms with E-state index in [1.165, 1.54) is 0 Å². The van der Waals surface area contributed by atoms with Crippen molar-refractivity contribution >= 4 is 22.9 Å². The number of carbonyl (C=O) groups is 1. The smallest absolute Gasteiger partial charge is 0.224 e. The second kappa shape index (κ2) is 10.0. The average Bonchev–Trinajstić information content (AvgIpc) is 3.18. The lowest BCUT2D eigenvalue weighted by molar-refractivity contribution is -0.143. The second-order valence-electron chi connectivity index (χ2n) is 9.35. The molecule has 1 aliphatic rings. The first-order valence-electron chi connectivity index (χ1n) is 12.0. The molecule has 0 aliphatic carbocycles. The molecule has 0 saturated carbocycles. The fraction of sp³-hybridized carbons (Fsp3) is 0.583. The van der Waals surface area contributed by atoms with Crippen LogP contribution in [-0.4, -0.2) is 71.6 Å². The first-order chi connectivity index (χ1) is 16.3. The number of hydrogen-bond acceptors (Lipinski definition) is 8. The number of rotatable bonds is 7. The first kappa shape index (κ1) is 24.0. The number of carbonyl (C=O) groups excluding carboxylic acids is 1. The Morgan fingerprint density at radius 2 is 1.82 bits per heavy atom. The topological polar surface area (TPSA) is 111 Å². The zero-order valence-electron chi connectivity index (χ0n) is 20.8. The van der Waals surface area contributed by atoms with Crippen molar-refractivity contribution in [1.29, 1.82) is 0 Å². The lowest BCUT2D eigenvalue weighted by Crippen LogP contribution is -2.49. The summed E-state index contributed by atoms with van der Waals surface area (Å²) in [5.74, 6) is 2.41. The minimum Gasteiger partial charge on any atom is -0.372 e. The van der Waals surface area contributed by atoms with Gasteiger partial charge in [0.05, 0.1) is 17.8 Å². The molecule has 1 aliphatic heterocycles. The summed E-state index contributed by atoms with van der Waals surface area (Å²) < 4.78 is 7.81. The predicted molar refractivity (Wildman–Crippen MR) is 130 cm³/mol. The number of nitrogens with one attached hydrogen (secondary N) is 1. The van der Waals surface area contributed by atoms with Gasteiger partial charge in [-0.2, -0.15) is 0 Å². The highest BCUT2D eigenvalue weighted by atomic mass is 16.5. The minimum atomic E-state index is -0.100. The van der Waals surface area contributed by atoms with Crippen molar-refractivity contribution in [2.45, 2.75) is 72.8 Å². The highest BCUT2D eigenvalue weighted by Gasteiger charge is 2.29. The molecule has 0 bridgehead atoms. The number of ether oxygens (including phenoxy) is 1. The molecule has 1 fully saturated rings. The Hall–Kier alpha value is -3.14. The number of nitrogens with zero attached hydrogens (tertiary/aromatic N) is 7. The van der Waals surface area contributed by atoms with Crippen LogP contribution >= 0.6 is 0 Å². The van der Waals surface area contributed by atoms with E-state index in [1.807, 2.05) is 30.2 Å². The van der Waals surface area contributed by atoms with Crippen molar-refractivity contribution in [3.05, 3.63) is 24.5 Å². The van der Waals surface area contributed by atoms with Gasteiger partial charge in [0, 0.05) is 44.5 Å². The Morgan fingerprint density at radius 3 is 2.44 bits per heavy atom. The van der Waals surface area contributed by atoms with Gasteiger partial charge in [0.1, 0.15) is 18.0 Å². The van der Waals surface area contributed by atoms with Crippen molar-refractivity contribution in [3.8, 4) is 11.4 Å². The summed E-state index contributed by atoms with van der Waals surface area (Å²) in [5.41, 5.74) is 2.23. The lowest BCUT2D eigenvalue weighted by atomic mass is 9.99. The van der Waals surface area contributed by atoms with E-state index in [-0.39, 0.29) is 30.1 Å². The van der Waals surface area contributed by atoms with Crippen LogP contribution in [0, 0.1) is 12.8 Å². The maximum absolute atomic E-state index is 13.1. The van der Waals surface area contributed by atoms with Gasteiger partial charge < -0.3 is 19.5 Å². The Morgan fingerprint density at radius 1 is 1.15 bits per heavy atom. The molecule has 10 heteroatoms. The van der Waals surface area contributed by atoms with Gasteiger partial charge in [0.25, 0.3) is 0 Å². The van der Waals surface area contributed by atoms with Crippen LogP contribution in [0.15, 0.2) is 18.7 Å². The molecule has 0 radical (unpaired) electrons. The Kier molecular flexibility index (Phi) is 7.06. The van der Waals surface area contributed by atoms with Crippen molar-refractivity contribution in [2.75, 3.05) is 18.4 Å². The maximum Gasteiger partial charge on any atom is 0.224 e. The quantitative estimate of drug-likeness (QED) is 0.566. The predicted octanol–water partition coefficient (Wildman–Crippen LogP) is 3.07. The molecule has 182 valence electrons. The van der Waals surface area contributed by atoms with Crippen LogP contribution in [0.2, 0.25) is 0 Å². The Bertz CT molecular complexity index is 1130. The molecule has 0 spiro atoms. The summed E-state index contributed by atoms with van der Waals surface area (Å²) in [7, 11) is 0. The summed E-state index contributed by atoms with van der Waals surface area (Å²) in [5, 5.41) is 3.50. The molecule has 3 atom stereocenters. The zero-order chi connectivity index (χ0) is 24.4. The van der Waals surface area contributed by atoms with E-state index < -0.39 is 0 Å². The number of aryl methyl sites for hydroxylation is 2. The lowest BCUT2D eigenvalue weighted by Gasteiger charge is -2.36. The van der Waals surface area contributed by atoms with Gasteiger partial charge in [0.2, 0.25) is 5.91 Å². The summed E-state index contributed by atoms with van der Waals surface area (Å²) in [6, 6.07) is -0.100. The van der Waals surface area contributed by atoms with Gasteiger partial charge in [0.15, 0.2) is 17.0 Å². The Labute approximate surface area is 200 Å². The van der Waals surface area contributed by atoms with Crippen molar-refractivity contribution in [1.82, 2.24) is 34.4 Å². The first-order valence-corrected chi connectivity index (χ1v) is 12.0. The molecule has 2 unspecified atom stereocenters. The molecule has 4 heterocycles. The van der Waals surface area contributed by atoms with Crippen molar-refractivity contribution in [2.24, 2.45) is 5.92 Å². The molecule has 4 rings (SSSR count). The van der Waals surface area contributed by atoms with Crippen LogP contribution in [0.1, 0.15) is 46.9 Å². The molecule has 0 aromatic carbocycles. The van der Waals surface area contributed by atoms with E-state index in [9.17, 15) is 4.79 Å². The summed E-state index contributed by atoms with van der Waals surface area (Å²) in [6.45, 7) is 14.1. The molecule has 3 aromatic heterocycles. The van der Waals surface area contributed by atoms with Gasteiger partial charge in [-0.1, -0.05) is 13.8 Å². The second-order valence-corrected chi connectivity index (χ2v) is 9.35. The van der Waals surface area contributed by atoms with E-state index in [4.69, 9.17) is 9.72 Å². The standard InChI is InChI=1S/C24H34N8O2/c1-7-32-23(18-9-25-17(6)26-10-18)30-21-22(27-13-28-24(21)32)29-19(14(2)3)8-20(33)31-11-15(4)34-16(5)12-31/h9-10,13-16,19H,7-8,11-12H2,1-6H3,(H,27,28,29)/t15?,16?,19-/m1/s1. The molecular weight excluding hydrogens is 432 g/mol. The van der Waals surface area contributed by atoms with Crippen LogP contribution in [0.25, 0.3) is 22.6 Å². The monoisotopic (exact) mass is 466 g/mol. The van der Waals surface area contributed by atoms with Crippen LogP contribution in [0.4, 0.5) is 5.82 Å². The van der Waals surface area contributed by atoms with Crippen molar-refractivity contribution < 1.29 is 9.53 Å². The number of amides is 1. The van der Waals surface area contributed by atoms with E-state index in [0.29, 0.717) is 43.2 Å². The fourth-order valence-corrected chi connectivity index (χ4v) is 4.40. The van der Waals surface area contributed by atoms with Crippen LogP contribution < -0.4 is 5.32 Å². The van der Waals surface area contributed by atoms with Crippen LogP contribution in [0.3, 0.4) is 0 Å². The number of aromatic nitrogens is 6. The average molecular weight is 467 g/mol.